The van der Waals surface area contributed by atoms with E-state index in [1.165, 1.54) is 17.4 Å². The van der Waals surface area contributed by atoms with Crippen molar-refractivity contribution in [3.05, 3.63) is 95.3 Å². The Morgan fingerprint density at radius 1 is 1.00 bits per heavy atom. The van der Waals surface area contributed by atoms with Crippen LogP contribution >= 0.6 is 11.3 Å². The first-order valence-electron chi connectivity index (χ1n) is 10.2. The summed E-state index contributed by atoms with van der Waals surface area (Å²) < 4.78 is 28.7. The van der Waals surface area contributed by atoms with Crippen LogP contribution in [0.1, 0.15) is 16.2 Å². The van der Waals surface area contributed by atoms with Gasteiger partial charge in [0.2, 0.25) is 5.95 Å². The summed E-state index contributed by atoms with van der Waals surface area (Å²) in [5, 5.41) is 4.84. The molecule has 0 unspecified atom stereocenters. The molecule has 3 aromatic heterocycles. The summed E-state index contributed by atoms with van der Waals surface area (Å²) in [7, 11) is 0. The number of anilines is 1. The third-order valence-corrected chi connectivity index (χ3v) is 5.99. The number of rotatable bonds is 6. The minimum atomic E-state index is -0.963. The maximum atomic E-state index is 13.6. The molecule has 2 aromatic carbocycles. The number of amides is 1. The predicted octanol–water partition coefficient (Wildman–Crippen LogP) is 5.33. The summed E-state index contributed by atoms with van der Waals surface area (Å²) >= 11 is 1.18. The fraction of sp³-hybridized carbons (Fsp3) is 0.0833. The second-order valence-electron chi connectivity index (χ2n) is 7.27. The van der Waals surface area contributed by atoms with Crippen LogP contribution in [0, 0.1) is 11.6 Å². The zero-order valence-corrected chi connectivity index (χ0v) is 18.0. The van der Waals surface area contributed by atoms with Crippen molar-refractivity contribution >= 4 is 34.2 Å². The topological polar surface area (TPSA) is 72.7 Å². The molecule has 0 atom stereocenters. The molecule has 0 aliphatic rings. The van der Waals surface area contributed by atoms with Gasteiger partial charge in [0.25, 0.3) is 5.91 Å². The van der Waals surface area contributed by atoms with Crippen LogP contribution in [0.3, 0.4) is 0 Å². The van der Waals surface area contributed by atoms with Gasteiger partial charge >= 0.3 is 0 Å². The summed E-state index contributed by atoms with van der Waals surface area (Å²) in [6.07, 6.45) is 2.41. The summed E-state index contributed by atoms with van der Waals surface area (Å²) in [5.41, 5.74) is 3.16. The van der Waals surface area contributed by atoms with Gasteiger partial charge in [-0.05, 0) is 42.5 Å². The number of para-hydroxylation sites is 2. The Morgan fingerprint density at radius 2 is 1.85 bits per heavy atom. The van der Waals surface area contributed by atoms with Gasteiger partial charge in [0.05, 0.1) is 11.0 Å². The molecule has 0 saturated carbocycles. The van der Waals surface area contributed by atoms with Crippen LogP contribution in [0.4, 0.5) is 14.7 Å². The van der Waals surface area contributed by atoms with Crippen LogP contribution < -0.4 is 5.32 Å². The fourth-order valence-electron chi connectivity index (χ4n) is 3.47. The number of fused-ring (bicyclic) bond motifs is 1. The Morgan fingerprint density at radius 3 is 2.67 bits per heavy atom. The Kier molecular flexibility index (Phi) is 5.62. The molecule has 3 heterocycles. The highest BCUT2D eigenvalue weighted by Crippen LogP contribution is 2.26. The van der Waals surface area contributed by atoms with Crippen molar-refractivity contribution in [3.8, 4) is 10.6 Å². The lowest BCUT2D eigenvalue weighted by atomic mass is 10.2. The van der Waals surface area contributed by atoms with E-state index in [9.17, 15) is 13.6 Å². The van der Waals surface area contributed by atoms with E-state index in [-0.39, 0.29) is 5.69 Å². The van der Waals surface area contributed by atoms with Crippen molar-refractivity contribution in [2.24, 2.45) is 0 Å². The molecule has 33 heavy (non-hydrogen) atoms. The van der Waals surface area contributed by atoms with Crippen LogP contribution in [-0.2, 0) is 13.0 Å². The van der Waals surface area contributed by atoms with Gasteiger partial charge in [-0.3, -0.25) is 15.1 Å². The number of carbonyl (C=O) groups excluding carboxylic acids is 1. The number of hydrogen-bond acceptors (Lipinski definition) is 5. The van der Waals surface area contributed by atoms with Crippen LogP contribution in [0.5, 0.6) is 0 Å². The second-order valence-corrected chi connectivity index (χ2v) is 8.13. The normalized spacial score (nSPS) is 11.1. The minimum absolute atomic E-state index is 0.170. The van der Waals surface area contributed by atoms with Crippen LogP contribution in [-0.4, -0.2) is 25.4 Å². The molecule has 0 fully saturated rings. The van der Waals surface area contributed by atoms with E-state index in [2.05, 4.69) is 20.3 Å². The molecule has 9 heteroatoms. The average Bonchev–Trinajstić information content (AvgIpc) is 3.45. The molecule has 1 amide bonds. The van der Waals surface area contributed by atoms with Gasteiger partial charge in [0, 0.05) is 35.8 Å². The lowest BCUT2D eigenvalue weighted by Gasteiger charge is -2.09. The summed E-state index contributed by atoms with van der Waals surface area (Å²) in [4.78, 5) is 26.1. The molecule has 5 aromatic rings. The summed E-state index contributed by atoms with van der Waals surface area (Å²) in [6.45, 7) is 0.574. The molecule has 6 nitrogen and oxygen atoms in total. The number of nitrogens with one attached hydrogen (secondary N) is 1. The molecule has 1 N–H and O–H groups in total. The van der Waals surface area contributed by atoms with Crippen molar-refractivity contribution in [1.29, 1.82) is 0 Å². The van der Waals surface area contributed by atoms with Crippen LogP contribution in [0.15, 0.2) is 72.2 Å². The second kappa shape index (κ2) is 8.87. The number of benzene rings is 2. The third-order valence-electron chi connectivity index (χ3n) is 5.10. The zero-order valence-electron chi connectivity index (χ0n) is 17.2. The van der Waals surface area contributed by atoms with Gasteiger partial charge in [0.1, 0.15) is 10.7 Å². The van der Waals surface area contributed by atoms with E-state index >= 15 is 0 Å². The van der Waals surface area contributed by atoms with Crippen molar-refractivity contribution in [1.82, 2.24) is 19.5 Å². The number of imidazole rings is 1. The average molecular weight is 461 g/mol. The van der Waals surface area contributed by atoms with E-state index < -0.39 is 17.5 Å². The molecule has 0 aliphatic carbocycles. The Bertz CT molecular complexity index is 1450. The van der Waals surface area contributed by atoms with E-state index in [0.717, 1.165) is 28.9 Å². The van der Waals surface area contributed by atoms with Gasteiger partial charge in [-0.1, -0.05) is 18.2 Å². The molecule has 0 saturated heterocycles. The first-order valence-corrected chi connectivity index (χ1v) is 11.0. The summed E-state index contributed by atoms with van der Waals surface area (Å²) in [6, 6.07) is 16.9. The number of hydrogen-bond donors (Lipinski definition) is 1. The van der Waals surface area contributed by atoms with Crippen molar-refractivity contribution in [3.63, 3.8) is 0 Å². The maximum Gasteiger partial charge on any atom is 0.277 e. The van der Waals surface area contributed by atoms with E-state index in [4.69, 9.17) is 0 Å². The van der Waals surface area contributed by atoms with Gasteiger partial charge < -0.3 is 4.57 Å². The van der Waals surface area contributed by atoms with E-state index in [1.807, 2.05) is 47.0 Å². The number of aryl methyl sites for hydroxylation is 2. The van der Waals surface area contributed by atoms with Gasteiger partial charge in [-0.15, -0.1) is 11.3 Å². The Hall–Kier alpha value is -3.98. The zero-order chi connectivity index (χ0) is 22.8. The third kappa shape index (κ3) is 4.35. The SMILES string of the molecule is O=C(Nc1nc2ccccc2n1CCc1ccccn1)c1csc(-c2ccc(F)c(F)c2)n1. The maximum absolute atomic E-state index is 13.6. The Balaban J connectivity index is 1.40. The highest BCUT2D eigenvalue weighted by Gasteiger charge is 2.17. The minimum Gasteiger partial charge on any atom is -0.310 e. The fourth-order valence-corrected chi connectivity index (χ4v) is 4.27. The smallest absolute Gasteiger partial charge is 0.277 e. The molecule has 0 aliphatic heterocycles. The van der Waals surface area contributed by atoms with Gasteiger partial charge in [-0.2, -0.15) is 0 Å². The molecular formula is C24H17F2N5OS. The first-order chi connectivity index (χ1) is 16.1. The molecule has 0 bridgehead atoms. The van der Waals surface area contributed by atoms with Crippen molar-refractivity contribution in [2.75, 3.05) is 5.32 Å². The molecule has 0 radical (unpaired) electrons. The standard InChI is InChI=1S/C24H17F2N5OS/c25-17-9-8-15(13-18(17)26)23-28-20(14-33-23)22(32)30-24-29-19-6-1-2-7-21(19)31(24)12-10-16-5-3-4-11-27-16/h1-9,11,13-14H,10,12H2,(H,29,30,32). The number of halogens is 2. The van der Waals surface area contributed by atoms with E-state index in [0.29, 0.717) is 29.5 Å². The predicted molar refractivity (Wildman–Crippen MR) is 123 cm³/mol. The van der Waals surface area contributed by atoms with E-state index in [1.54, 1.807) is 11.6 Å². The Labute approximate surface area is 191 Å². The van der Waals surface area contributed by atoms with Crippen LogP contribution in [0.25, 0.3) is 21.6 Å². The van der Waals surface area contributed by atoms with Crippen molar-refractivity contribution < 1.29 is 13.6 Å². The number of thiazole rings is 1. The largest absolute Gasteiger partial charge is 0.310 e. The van der Waals surface area contributed by atoms with Crippen LogP contribution in [0.2, 0.25) is 0 Å². The van der Waals surface area contributed by atoms with Gasteiger partial charge in [-0.25, -0.2) is 18.7 Å². The number of pyridine rings is 1. The summed E-state index contributed by atoms with van der Waals surface area (Å²) in [5.74, 6) is -1.93. The molecule has 164 valence electrons. The monoisotopic (exact) mass is 461 g/mol. The first kappa shape index (κ1) is 20.9. The number of carbonyl (C=O) groups is 1. The molecule has 0 spiro atoms. The quantitative estimate of drug-likeness (QED) is 0.371. The van der Waals surface area contributed by atoms with Crippen molar-refractivity contribution in [2.45, 2.75) is 13.0 Å². The molecule has 5 rings (SSSR count). The highest BCUT2D eigenvalue weighted by molar-refractivity contribution is 7.13. The lowest BCUT2D eigenvalue weighted by Crippen LogP contribution is -2.17. The number of nitrogens with zero attached hydrogens (tertiary/aromatic N) is 4. The van der Waals surface area contributed by atoms with Gasteiger partial charge in [0.15, 0.2) is 11.6 Å². The highest BCUT2D eigenvalue weighted by atomic mass is 32.1. The number of aromatic nitrogens is 4. The molecular weight excluding hydrogens is 444 g/mol. The lowest BCUT2D eigenvalue weighted by molar-refractivity contribution is 0.102.